The number of aromatic amines is 1. The van der Waals surface area contributed by atoms with Crippen molar-refractivity contribution in [2.45, 2.75) is 13.8 Å². The van der Waals surface area contributed by atoms with E-state index in [4.69, 9.17) is 16.3 Å². The summed E-state index contributed by atoms with van der Waals surface area (Å²) in [7, 11) is 0. The minimum Gasteiger partial charge on any atom is -0.463 e. The third-order valence-corrected chi connectivity index (χ3v) is 2.92. The summed E-state index contributed by atoms with van der Waals surface area (Å²) in [4.78, 5) is 11.3. The van der Waals surface area contributed by atoms with Gasteiger partial charge in [0.2, 0.25) is 0 Å². The number of halogens is 1. The molecule has 0 aliphatic heterocycles. The maximum Gasteiger partial charge on any atom is 0.332 e. The number of anilines is 1. The van der Waals surface area contributed by atoms with Crippen LogP contribution in [0.15, 0.2) is 42.1 Å². The lowest BCUT2D eigenvalue weighted by atomic mass is 10.1. The Labute approximate surface area is 128 Å². The largest absolute Gasteiger partial charge is 0.463 e. The smallest absolute Gasteiger partial charge is 0.332 e. The Balaban J connectivity index is 2.06. The highest BCUT2D eigenvalue weighted by Crippen LogP contribution is 2.22. The van der Waals surface area contributed by atoms with Gasteiger partial charge >= 0.3 is 5.97 Å². The van der Waals surface area contributed by atoms with E-state index in [1.807, 2.05) is 30.3 Å². The van der Waals surface area contributed by atoms with Crippen LogP contribution in [0.1, 0.15) is 13.8 Å². The molecule has 1 aromatic carbocycles. The minimum absolute atomic E-state index is 0.355. The number of hydrogen-bond acceptors (Lipinski definition) is 4. The van der Waals surface area contributed by atoms with E-state index in [2.05, 4.69) is 15.5 Å². The van der Waals surface area contributed by atoms with E-state index in [0.717, 1.165) is 11.3 Å². The van der Waals surface area contributed by atoms with Gasteiger partial charge in [0, 0.05) is 28.4 Å². The van der Waals surface area contributed by atoms with Gasteiger partial charge in [-0.15, -0.1) is 0 Å². The van der Waals surface area contributed by atoms with Crippen molar-refractivity contribution in [1.82, 2.24) is 10.2 Å². The molecule has 2 aromatic rings. The number of H-pyrrole nitrogens is 1. The van der Waals surface area contributed by atoms with Crippen molar-refractivity contribution >= 4 is 23.4 Å². The van der Waals surface area contributed by atoms with Crippen molar-refractivity contribution in [3.8, 4) is 11.3 Å². The van der Waals surface area contributed by atoms with E-state index < -0.39 is 0 Å². The second-order valence-electron chi connectivity index (χ2n) is 4.38. The molecule has 0 saturated carbocycles. The third-order valence-electron chi connectivity index (χ3n) is 2.67. The van der Waals surface area contributed by atoms with Gasteiger partial charge in [0.05, 0.1) is 12.3 Å². The third kappa shape index (κ3) is 4.36. The Kier molecular flexibility index (Phi) is 5.00. The molecule has 110 valence electrons. The standard InChI is InChI=1S/C15H16ClN3O2/c1-3-21-15(20)8-10(2)17-14-9-13(18-19-14)11-4-6-12(16)7-5-11/h4-9H,3H2,1-2H3,(H2,17,18,19)/b10-8+. The van der Waals surface area contributed by atoms with Crippen LogP contribution in [0.25, 0.3) is 11.3 Å². The van der Waals surface area contributed by atoms with E-state index in [1.165, 1.54) is 6.08 Å². The zero-order chi connectivity index (χ0) is 15.2. The lowest BCUT2D eigenvalue weighted by Gasteiger charge is -2.02. The van der Waals surface area contributed by atoms with Gasteiger partial charge in [-0.1, -0.05) is 23.7 Å². The first kappa shape index (κ1) is 15.1. The molecule has 1 heterocycles. The number of hydrogen-bond donors (Lipinski definition) is 2. The zero-order valence-corrected chi connectivity index (χ0v) is 12.6. The summed E-state index contributed by atoms with van der Waals surface area (Å²) in [5, 5.41) is 10.8. The molecule has 0 fully saturated rings. The van der Waals surface area contributed by atoms with E-state index in [-0.39, 0.29) is 5.97 Å². The quantitative estimate of drug-likeness (QED) is 0.654. The molecule has 2 N–H and O–H groups in total. The molecule has 0 aliphatic carbocycles. The number of rotatable bonds is 5. The fraction of sp³-hybridized carbons (Fsp3) is 0.200. The molecule has 0 spiro atoms. The summed E-state index contributed by atoms with van der Waals surface area (Å²) in [6, 6.07) is 9.26. The summed E-state index contributed by atoms with van der Waals surface area (Å²) < 4.78 is 4.84. The van der Waals surface area contributed by atoms with Gasteiger partial charge in [-0.2, -0.15) is 5.10 Å². The molecule has 2 rings (SSSR count). The highest BCUT2D eigenvalue weighted by atomic mass is 35.5. The van der Waals surface area contributed by atoms with Crippen LogP contribution in [0.2, 0.25) is 5.02 Å². The lowest BCUT2D eigenvalue weighted by Crippen LogP contribution is -2.04. The molecule has 0 radical (unpaired) electrons. The van der Waals surface area contributed by atoms with Crippen LogP contribution in [0, 0.1) is 0 Å². The molecule has 0 aliphatic rings. The molecule has 0 amide bonds. The van der Waals surface area contributed by atoms with Crippen LogP contribution in [-0.2, 0) is 9.53 Å². The number of allylic oxidation sites excluding steroid dienone is 1. The summed E-state index contributed by atoms with van der Waals surface area (Å²) in [6.07, 6.45) is 1.40. The van der Waals surface area contributed by atoms with Crippen molar-refractivity contribution < 1.29 is 9.53 Å². The zero-order valence-electron chi connectivity index (χ0n) is 11.8. The van der Waals surface area contributed by atoms with E-state index in [1.54, 1.807) is 13.8 Å². The van der Waals surface area contributed by atoms with E-state index >= 15 is 0 Å². The fourth-order valence-electron chi connectivity index (χ4n) is 1.76. The topological polar surface area (TPSA) is 67.0 Å². The van der Waals surface area contributed by atoms with E-state index in [0.29, 0.717) is 23.1 Å². The van der Waals surface area contributed by atoms with Gasteiger partial charge in [-0.3, -0.25) is 5.10 Å². The number of benzene rings is 1. The van der Waals surface area contributed by atoms with Crippen molar-refractivity contribution in [2.24, 2.45) is 0 Å². The monoisotopic (exact) mass is 305 g/mol. The first-order valence-corrected chi connectivity index (χ1v) is 6.89. The highest BCUT2D eigenvalue weighted by Gasteiger charge is 2.05. The summed E-state index contributed by atoms with van der Waals surface area (Å²) in [6.45, 7) is 3.90. The molecule has 21 heavy (non-hydrogen) atoms. The van der Waals surface area contributed by atoms with Crippen molar-refractivity contribution in [1.29, 1.82) is 0 Å². The first-order valence-electron chi connectivity index (χ1n) is 6.52. The van der Waals surface area contributed by atoms with Crippen molar-refractivity contribution in [3.05, 3.63) is 47.1 Å². The normalized spacial score (nSPS) is 11.3. The lowest BCUT2D eigenvalue weighted by molar-refractivity contribution is -0.137. The number of ether oxygens (including phenoxy) is 1. The number of carbonyl (C=O) groups is 1. The number of aromatic nitrogens is 2. The fourth-order valence-corrected chi connectivity index (χ4v) is 1.89. The Bertz CT molecular complexity index is 647. The second-order valence-corrected chi connectivity index (χ2v) is 4.81. The average molecular weight is 306 g/mol. The van der Waals surface area contributed by atoms with Crippen LogP contribution in [0.3, 0.4) is 0 Å². The SMILES string of the molecule is CCOC(=O)/C=C(\C)Nc1cc(-c2ccc(Cl)cc2)n[nH]1. The van der Waals surface area contributed by atoms with Gasteiger partial charge in [0.1, 0.15) is 5.82 Å². The van der Waals surface area contributed by atoms with E-state index in [9.17, 15) is 4.79 Å². The molecule has 0 bridgehead atoms. The van der Waals surface area contributed by atoms with Gasteiger partial charge in [0.25, 0.3) is 0 Å². The van der Waals surface area contributed by atoms with Gasteiger partial charge < -0.3 is 10.1 Å². The highest BCUT2D eigenvalue weighted by molar-refractivity contribution is 6.30. The predicted octanol–water partition coefficient (Wildman–Crippen LogP) is 3.61. The van der Waals surface area contributed by atoms with Crippen molar-refractivity contribution in [3.63, 3.8) is 0 Å². The predicted molar refractivity (Wildman–Crippen MR) is 83.0 cm³/mol. The second kappa shape index (κ2) is 6.95. The summed E-state index contributed by atoms with van der Waals surface area (Å²) >= 11 is 5.86. The summed E-state index contributed by atoms with van der Waals surface area (Å²) in [5.74, 6) is 0.318. The maximum atomic E-state index is 11.3. The van der Waals surface area contributed by atoms with Gasteiger partial charge in [-0.05, 0) is 26.0 Å². The molecule has 0 unspecified atom stereocenters. The van der Waals surface area contributed by atoms with Crippen LogP contribution in [0.4, 0.5) is 5.82 Å². The first-order chi connectivity index (χ1) is 10.1. The molecule has 0 atom stereocenters. The van der Waals surface area contributed by atoms with Crippen LogP contribution in [-0.4, -0.2) is 22.8 Å². The van der Waals surface area contributed by atoms with Crippen LogP contribution >= 0.6 is 11.6 Å². The molecule has 0 saturated heterocycles. The number of nitrogens with one attached hydrogen (secondary N) is 2. The summed E-state index contributed by atoms with van der Waals surface area (Å²) in [5.41, 5.74) is 2.41. The average Bonchev–Trinajstić information content (AvgIpc) is 2.88. The number of nitrogens with zero attached hydrogens (tertiary/aromatic N) is 1. The Hall–Kier alpha value is -2.27. The minimum atomic E-state index is -0.375. The van der Waals surface area contributed by atoms with Crippen LogP contribution < -0.4 is 5.32 Å². The molecular weight excluding hydrogens is 290 g/mol. The molecular formula is C15H16ClN3O2. The van der Waals surface area contributed by atoms with Crippen molar-refractivity contribution in [2.75, 3.05) is 11.9 Å². The number of esters is 1. The Morgan fingerprint density at radius 1 is 1.43 bits per heavy atom. The molecule has 6 heteroatoms. The Morgan fingerprint density at radius 2 is 2.14 bits per heavy atom. The molecule has 1 aromatic heterocycles. The maximum absolute atomic E-state index is 11.3. The van der Waals surface area contributed by atoms with Crippen LogP contribution in [0.5, 0.6) is 0 Å². The molecule has 5 nitrogen and oxygen atoms in total. The number of carbonyl (C=O) groups excluding carboxylic acids is 1. The van der Waals surface area contributed by atoms with Gasteiger partial charge in [0.15, 0.2) is 0 Å². The Morgan fingerprint density at radius 3 is 2.81 bits per heavy atom. The van der Waals surface area contributed by atoms with Gasteiger partial charge in [-0.25, -0.2) is 4.79 Å².